The predicted molar refractivity (Wildman–Crippen MR) is 105 cm³/mol. The van der Waals surface area contributed by atoms with Crippen molar-refractivity contribution < 1.29 is 0 Å². The number of anilines is 1. The quantitative estimate of drug-likeness (QED) is 0.741. The molecule has 4 rings (SSSR count). The van der Waals surface area contributed by atoms with Crippen molar-refractivity contribution in [2.45, 2.75) is 31.7 Å². The van der Waals surface area contributed by atoms with Gasteiger partial charge in [-0.3, -0.25) is 4.79 Å². The fourth-order valence-electron chi connectivity index (χ4n) is 3.36. The second kappa shape index (κ2) is 7.21. The molecule has 0 amide bonds. The Morgan fingerprint density at radius 2 is 2.12 bits per heavy atom. The molecule has 1 atom stereocenters. The van der Waals surface area contributed by atoms with Crippen molar-refractivity contribution in [3.05, 3.63) is 73.2 Å². The summed E-state index contributed by atoms with van der Waals surface area (Å²) < 4.78 is 1.43. The zero-order valence-electron chi connectivity index (χ0n) is 14.4. The molecule has 26 heavy (non-hydrogen) atoms. The smallest absolute Gasteiger partial charge is 0.293 e. The van der Waals surface area contributed by atoms with Crippen molar-refractivity contribution >= 4 is 28.8 Å². The highest BCUT2D eigenvalue weighted by Gasteiger charge is 2.23. The van der Waals surface area contributed by atoms with Gasteiger partial charge in [-0.2, -0.15) is 0 Å². The van der Waals surface area contributed by atoms with E-state index in [9.17, 15) is 4.79 Å². The molecule has 0 saturated heterocycles. The lowest BCUT2D eigenvalue weighted by atomic mass is 9.85. The molecular weight excluding hydrogens is 368 g/mol. The van der Waals surface area contributed by atoms with Crippen LogP contribution in [0.5, 0.6) is 0 Å². The van der Waals surface area contributed by atoms with E-state index in [4.69, 9.17) is 16.6 Å². The van der Waals surface area contributed by atoms with E-state index in [1.165, 1.54) is 26.9 Å². The minimum Gasteiger partial charge on any atom is -0.359 e. The van der Waals surface area contributed by atoms with E-state index < -0.39 is 0 Å². The van der Waals surface area contributed by atoms with Crippen LogP contribution in [-0.2, 0) is 26.4 Å². The van der Waals surface area contributed by atoms with E-state index in [2.05, 4.69) is 40.6 Å². The van der Waals surface area contributed by atoms with Gasteiger partial charge in [0.1, 0.15) is 10.2 Å². The van der Waals surface area contributed by atoms with Crippen LogP contribution in [-0.4, -0.2) is 14.5 Å². The van der Waals surface area contributed by atoms with Gasteiger partial charge in [0.25, 0.3) is 5.56 Å². The molecule has 2 heterocycles. The Bertz CT molecular complexity index is 983. The first-order valence-electron chi connectivity index (χ1n) is 8.59. The molecule has 0 saturated carbocycles. The highest BCUT2D eigenvalue weighted by Crippen LogP contribution is 2.35. The van der Waals surface area contributed by atoms with Crippen molar-refractivity contribution in [3.8, 4) is 0 Å². The number of nitrogens with zero attached hydrogens (tertiary/aromatic N) is 3. The molecule has 0 aliphatic heterocycles. The highest BCUT2D eigenvalue weighted by molar-refractivity contribution is 7.11. The van der Waals surface area contributed by atoms with Gasteiger partial charge in [-0.25, -0.2) is 9.97 Å². The van der Waals surface area contributed by atoms with Crippen LogP contribution >= 0.6 is 22.9 Å². The van der Waals surface area contributed by atoms with Gasteiger partial charge in [-0.05, 0) is 30.7 Å². The van der Waals surface area contributed by atoms with Gasteiger partial charge in [0.05, 0.1) is 12.2 Å². The standard InChI is InChI=1S/C19H19ClN4OS/c1-24-11-16(20)23-18(19(24)25)21-10-17-22-14-8-7-13(9-15(14)26-17)12-5-3-2-4-6-12/h2-6,11,13H,7-10H2,1H3,(H,21,23). The van der Waals surface area contributed by atoms with Crippen molar-refractivity contribution in [1.29, 1.82) is 0 Å². The summed E-state index contributed by atoms with van der Waals surface area (Å²) in [5.41, 5.74) is 2.41. The summed E-state index contributed by atoms with van der Waals surface area (Å²) in [6.07, 6.45) is 4.67. The number of hydrogen-bond acceptors (Lipinski definition) is 5. The number of aryl methyl sites for hydroxylation is 2. The highest BCUT2D eigenvalue weighted by atomic mass is 35.5. The molecule has 1 aromatic carbocycles. The second-order valence-electron chi connectivity index (χ2n) is 6.51. The molecule has 134 valence electrons. The van der Waals surface area contributed by atoms with Gasteiger partial charge in [-0.1, -0.05) is 41.9 Å². The van der Waals surface area contributed by atoms with Gasteiger partial charge in [-0.15, -0.1) is 11.3 Å². The van der Waals surface area contributed by atoms with Crippen LogP contribution in [0.2, 0.25) is 5.15 Å². The maximum Gasteiger partial charge on any atom is 0.293 e. The van der Waals surface area contributed by atoms with E-state index in [0.717, 1.165) is 24.3 Å². The van der Waals surface area contributed by atoms with E-state index in [0.29, 0.717) is 17.6 Å². The molecule has 1 aliphatic rings. The summed E-state index contributed by atoms with van der Waals surface area (Å²) in [6.45, 7) is 0.482. The number of hydrogen-bond donors (Lipinski definition) is 1. The Morgan fingerprint density at radius 1 is 1.31 bits per heavy atom. The fraction of sp³-hybridized carbons (Fsp3) is 0.316. The van der Waals surface area contributed by atoms with E-state index >= 15 is 0 Å². The average Bonchev–Trinajstić information content (AvgIpc) is 3.06. The van der Waals surface area contributed by atoms with Gasteiger partial charge in [0, 0.05) is 18.1 Å². The van der Waals surface area contributed by atoms with Gasteiger partial charge in [0.15, 0.2) is 5.82 Å². The fourth-order valence-corrected chi connectivity index (χ4v) is 4.72. The Kier molecular flexibility index (Phi) is 4.78. The number of thiazole rings is 1. The minimum atomic E-state index is -0.195. The number of nitrogens with one attached hydrogen (secondary N) is 1. The van der Waals surface area contributed by atoms with Gasteiger partial charge in [0.2, 0.25) is 0 Å². The lowest BCUT2D eigenvalue weighted by molar-refractivity contribution is 0.584. The molecule has 3 aromatic rings. The maximum absolute atomic E-state index is 12.1. The summed E-state index contributed by atoms with van der Waals surface area (Å²) in [6, 6.07) is 10.7. The van der Waals surface area contributed by atoms with Crippen LogP contribution in [0.25, 0.3) is 0 Å². The van der Waals surface area contributed by atoms with Crippen molar-refractivity contribution in [3.63, 3.8) is 0 Å². The molecule has 2 aromatic heterocycles. The first-order chi connectivity index (χ1) is 12.6. The van der Waals surface area contributed by atoms with Crippen molar-refractivity contribution in [1.82, 2.24) is 14.5 Å². The zero-order chi connectivity index (χ0) is 18.1. The first-order valence-corrected chi connectivity index (χ1v) is 9.79. The molecule has 0 radical (unpaired) electrons. The van der Waals surface area contributed by atoms with Crippen LogP contribution < -0.4 is 10.9 Å². The van der Waals surface area contributed by atoms with E-state index in [-0.39, 0.29) is 11.4 Å². The minimum absolute atomic E-state index is 0.195. The van der Waals surface area contributed by atoms with Crippen LogP contribution in [0, 0.1) is 0 Å². The average molecular weight is 387 g/mol. The number of rotatable bonds is 4. The van der Waals surface area contributed by atoms with E-state index in [1.807, 2.05) is 0 Å². The maximum atomic E-state index is 12.1. The summed E-state index contributed by atoms with van der Waals surface area (Å²) in [7, 11) is 1.66. The summed E-state index contributed by atoms with van der Waals surface area (Å²) in [4.78, 5) is 22.3. The predicted octanol–water partition coefficient (Wildman–Crippen LogP) is 3.77. The second-order valence-corrected chi connectivity index (χ2v) is 8.07. The van der Waals surface area contributed by atoms with Crippen LogP contribution in [0.3, 0.4) is 0 Å². The molecule has 1 N–H and O–H groups in total. The molecule has 5 nitrogen and oxygen atoms in total. The van der Waals surface area contributed by atoms with Crippen LogP contribution in [0.1, 0.15) is 33.5 Å². The molecule has 7 heteroatoms. The van der Waals surface area contributed by atoms with Gasteiger partial charge < -0.3 is 9.88 Å². The summed E-state index contributed by atoms with van der Waals surface area (Å²) in [5, 5.41) is 4.35. The Morgan fingerprint density at radius 3 is 2.92 bits per heavy atom. The molecule has 0 spiro atoms. The third-order valence-electron chi connectivity index (χ3n) is 4.70. The lowest BCUT2D eigenvalue weighted by Crippen LogP contribution is -2.22. The number of halogens is 1. The normalized spacial score (nSPS) is 16.3. The Labute approximate surface area is 160 Å². The Balaban J connectivity index is 1.48. The molecule has 0 fully saturated rings. The van der Waals surface area contributed by atoms with Gasteiger partial charge >= 0.3 is 0 Å². The first kappa shape index (κ1) is 17.2. The molecule has 0 bridgehead atoms. The van der Waals surface area contributed by atoms with Crippen molar-refractivity contribution in [2.24, 2.45) is 7.05 Å². The SMILES string of the molecule is Cn1cc(Cl)nc(NCc2nc3c(s2)CC(c2ccccc2)CC3)c1=O. The number of aromatic nitrogens is 3. The third kappa shape index (κ3) is 3.52. The van der Waals surface area contributed by atoms with Crippen molar-refractivity contribution in [2.75, 3.05) is 5.32 Å². The monoisotopic (exact) mass is 386 g/mol. The number of benzene rings is 1. The summed E-state index contributed by atoms with van der Waals surface area (Å²) >= 11 is 7.66. The van der Waals surface area contributed by atoms with Crippen LogP contribution in [0.4, 0.5) is 5.82 Å². The Hall–Kier alpha value is -2.18. The largest absolute Gasteiger partial charge is 0.359 e. The third-order valence-corrected chi connectivity index (χ3v) is 6.01. The molecule has 1 unspecified atom stereocenters. The topological polar surface area (TPSA) is 59.8 Å². The van der Waals surface area contributed by atoms with Crippen LogP contribution in [0.15, 0.2) is 41.3 Å². The molecule has 1 aliphatic carbocycles. The van der Waals surface area contributed by atoms with E-state index in [1.54, 1.807) is 18.4 Å². The zero-order valence-corrected chi connectivity index (χ0v) is 16.0. The lowest BCUT2D eigenvalue weighted by Gasteiger charge is -2.21. The molecular formula is C19H19ClN4OS. The summed E-state index contributed by atoms with van der Waals surface area (Å²) in [5.74, 6) is 0.821. The number of fused-ring (bicyclic) bond motifs is 1.